The first-order valence-corrected chi connectivity index (χ1v) is 8.19. The van der Waals surface area contributed by atoms with Gasteiger partial charge in [0.25, 0.3) is 0 Å². The average molecular weight is 287 g/mol. The van der Waals surface area contributed by atoms with E-state index in [9.17, 15) is 0 Å². The van der Waals surface area contributed by atoms with Crippen LogP contribution in [0.25, 0.3) is 0 Å². The maximum Gasteiger partial charge on any atom is 0.198 e. The minimum absolute atomic E-state index is 0.551. The highest BCUT2D eigenvalue weighted by atomic mass is 15.4. The molecule has 2 rings (SSSR count). The fraction of sp³-hybridized carbons (Fsp3) is 0.611. The lowest BCUT2D eigenvalue weighted by atomic mass is 10.0. The topological polar surface area (TPSA) is 27.6 Å². The van der Waals surface area contributed by atoms with E-state index in [1.54, 1.807) is 0 Å². The monoisotopic (exact) mass is 287 g/mol. The molecule has 1 aromatic carbocycles. The molecule has 3 heteroatoms. The van der Waals surface area contributed by atoms with Crippen LogP contribution in [-0.2, 0) is 0 Å². The number of guanidine groups is 1. The van der Waals surface area contributed by atoms with Crippen LogP contribution in [0.4, 0.5) is 5.69 Å². The summed E-state index contributed by atoms with van der Waals surface area (Å²) in [5.41, 5.74) is 1.12. The van der Waals surface area contributed by atoms with Gasteiger partial charge < -0.3 is 10.2 Å². The van der Waals surface area contributed by atoms with E-state index < -0.39 is 0 Å². The highest BCUT2D eigenvalue weighted by Crippen LogP contribution is 2.21. The molecular formula is C18H29N3. The Labute approximate surface area is 129 Å². The molecule has 1 heterocycles. The zero-order chi connectivity index (χ0) is 15.2. The number of nitrogens with one attached hydrogen (secondary N) is 1. The Bertz CT molecular complexity index is 451. The van der Waals surface area contributed by atoms with Gasteiger partial charge in [0.15, 0.2) is 5.96 Å². The molecule has 1 atom stereocenters. The number of aliphatic imine (C=N–C) groups is 1. The Balaban J connectivity index is 2.03. The summed E-state index contributed by atoms with van der Waals surface area (Å²) in [7, 11) is 0. The SMILES string of the molecule is CC(C)CCN1C(Nc2ccccc2)=NCC1CC(C)C. The minimum atomic E-state index is 0.551. The third-order valence-electron chi connectivity index (χ3n) is 3.89. The summed E-state index contributed by atoms with van der Waals surface area (Å²) in [4.78, 5) is 7.24. The Morgan fingerprint density at radius 3 is 2.48 bits per heavy atom. The number of hydrogen-bond donors (Lipinski definition) is 1. The van der Waals surface area contributed by atoms with Gasteiger partial charge in [-0.05, 0) is 36.8 Å². The molecule has 116 valence electrons. The van der Waals surface area contributed by atoms with Crippen molar-refractivity contribution >= 4 is 11.6 Å². The van der Waals surface area contributed by atoms with E-state index in [0.717, 1.165) is 30.7 Å². The molecule has 0 amide bonds. The lowest BCUT2D eigenvalue weighted by Gasteiger charge is -2.30. The zero-order valence-electron chi connectivity index (χ0n) is 13.8. The molecule has 0 aromatic heterocycles. The summed E-state index contributed by atoms with van der Waals surface area (Å²) in [6, 6.07) is 10.9. The molecule has 1 N–H and O–H groups in total. The van der Waals surface area contributed by atoms with Crippen molar-refractivity contribution < 1.29 is 0 Å². The summed E-state index contributed by atoms with van der Waals surface area (Å²) in [5, 5.41) is 3.49. The molecule has 21 heavy (non-hydrogen) atoms. The third kappa shape index (κ3) is 4.76. The molecule has 1 aliphatic rings. The number of rotatable bonds is 6. The molecular weight excluding hydrogens is 258 g/mol. The van der Waals surface area contributed by atoms with Gasteiger partial charge in [-0.15, -0.1) is 0 Å². The van der Waals surface area contributed by atoms with Crippen molar-refractivity contribution in [3.8, 4) is 0 Å². The molecule has 0 fully saturated rings. The van der Waals surface area contributed by atoms with Crippen LogP contribution in [0.2, 0.25) is 0 Å². The van der Waals surface area contributed by atoms with Crippen molar-refractivity contribution in [1.82, 2.24) is 4.90 Å². The van der Waals surface area contributed by atoms with Crippen molar-refractivity contribution in [1.29, 1.82) is 0 Å². The van der Waals surface area contributed by atoms with E-state index in [4.69, 9.17) is 4.99 Å². The number of anilines is 1. The van der Waals surface area contributed by atoms with Crippen molar-refractivity contribution in [2.24, 2.45) is 16.8 Å². The molecule has 0 aliphatic carbocycles. The second-order valence-corrected chi connectivity index (χ2v) is 6.81. The smallest absolute Gasteiger partial charge is 0.198 e. The summed E-state index contributed by atoms with van der Waals surface area (Å²) in [6.45, 7) is 11.2. The highest BCUT2D eigenvalue weighted by Gasteiger charge is 2.28. The van der Waals surface area contributed by atoms with Crippen molar-refractivity contribution in [2.45, 2.75) is 46.6 Å². The number of hydrogen-bond acceptors (Lipinski definition) is 3. The summed E-state index contributed by atoms with van der Waals surface area (Å²) in [6.07, 6.45) is 2.42. The highest BCUT2D eigenvalue weighted by molar-refractivity contribution is 5.95. The van der Waals surface area contributed by atoms with Crippen LogP contribution in [0.1, 0.15) is 40.5 Å². The Morgan fingerprint density at radius 2 is 1.86 bits per heavy atom. The number of para-hydroxylation sites is 1. The van der Waals surface area contributed by atoms with Crippen molar-refractivity contribution in [3.05, 3.63) is 30.3 Å². The van der Waals surface area contributed by atoms with Gasteiger partial charge in [-0.25, -0.2) is 0 Å². The van der Waals surface area contributed by atoms with Crippen LogP contribution in [0, 0.1) is 11.8 Å². The molecule has 0 saturated heterocycles. The average Bonchev–Trinajstić information content (AvgIpc) is 2.79. The lowest BCUT2D eigenvalue weighted by molar-refractivity contribution is 0.284. The molecule has 0 spiro atoms. The first-order valence-electron chi connectivity index (χ1n) is 8.19. The van der Waals surface area contributed by atoms with Crippen LogP contribution >= 0.6 is 0 Å². The lowest BCUT2D eigenvalue weighted by Crippen LogP contribution is -2.41. The first kappa shape index (κ1) is 15.9. The molecule has 1 unspecified atom stereocenters. The van der Waals surface area contributed by atoms with Gasteiger partial charge in [-0.3, -0.25) is 4.99 Å². The Morgan fingerprint density at radius 1 is 1.14 bits per heavy atom. The van der Waals surface area contributed by atoms with E-state index >= 15 is 0 Å². The molecule has 3 nitrogen and oxygen atoms in total. The maximum atomic E-state index is 4.76. The van der Waals surface area contributed by atoms with Gasteiger partial charge in [0.05, 0.1) is 12.6 Å². The van der Waals surface area contributed by atoms with Crippen LogP contribution in [-0.4, -0.2) is 30.0 Å². The van der Waals surface area contributed by atoms with Gasteiger partial charge >= 0.3 is 0 Å². The van der Waals surface area contributed by atoms with E-state index in [1.807, 2.05) is 6.07 Å². The van der Waals surface area contributed by atoms with Crippen molar-refractivity contribution in [2.75, 3.05) is 18.4 Å². The van der Waals surface area contributed by atoms with E-state index in [0.29, 0.717) is 12.0 Å². The fourth-order valence-electron chi connectivity index (χ4n) is 2.75. The quantitative estimate of drug-likeness (QED) is 0.848. The van der Waals surface area contributed by atoms with Crippen LogP contribution in [0.5, 0.6) is 0 Å². The van der Waals surface area contributed by atoms with Gasteiger partial charge in [0.2, 0.25) is 0 Å². The van der Waals surface area contributed by atoms with E-state index in [2.05, 4.69) is 62.2 Å². The first-order chi connectivity index (χ1) is 10.1. The Hall–Kier alpha value is -1.51. The van der Waals surface area contributed by atoms with Gasteiger partial charge in [-0.1, -0.05) is 45.9 Å². The standard InChI is InChI=1S/C18H29N3/c1-14(2)10-11-21-17(12-15(3)4)13-19-18(21)20-16-8-6-5-7-9-16/h5-9,14-15,17H,10-13H2,1-4H3,(H,19,20). The molecule has 0 bridgehead atoms. The third-order valence-corrected chi connectivity index (χ3v) is 3.89. The van der Waals surface area contributed by atoms with Gasteiger partial charge in [0.1, 0.15) is 0 Å². The summed E-state index contributed by atoms with van der Waals surface area (Å²) in [5.74, 6) is 2.48. The fourth-order valence-corrected chi connectivity index (χ4v) is 2.75. The predicted octanol–water partition coefficient (Wildman–Crippen LogP) is 4.23. The zero-order valence-corrected chi connectivity index (χ0v) is 13.8. The summed E-state index contributed by atoms with van der Waals surface area (Å²) < 4.78 is 0. The summed E-state index contributed by atoms with van der Waals surface area (Å²) >= 11 is 0. The maximum absolute atomic E-state index is 4.76. The van der Waals surface area contributed by atoms with Gasteiger partial charge in [0, 0.05) is 12.2 Å². The van der Waals surface area contributed by atoms with Gasteiger partial charge in [-0.2, -0.15) is 0 Å². The minimum Gasteiger partial charge on any atom is -0.338 e. The van der Waals surface area contributed by atoms with E-state index in [1.165, 1.54) is 12.8 Å². The van der Waals surface area contributed by atoms with Crippen molar-refractivity contribution in [3.63, 3.8) is 0 Å². The second kappa shape index (κ2) is 7.48. The number of benzene rings is 1. The van der Waals surface area contributed by atoms with Crippen LogP contribution in [0.15, 0.2) is 35.3 Å². The molecule has 1 aliphatic heterocycles. The molecule has 0 radical (unpaired) electrons. The molecule has 0 saturated carbocycles. The largest absolute Gasteiger partial charge is 0.338 e. The number of nitrogens with zero attached hydrogens (tertiary/aromatic N) is 2. The normalized spacial score (nSPS) is 18.5. The van der Waals surface area contributed by atoms with E-state index in [-0.39, 0.29) is 0 Å². The predicted molar refractivity (Wildman–Crippen MR) is 91.8 cm³/mol. The van der Waals surface area contributed by atoms with Crippen LogP contribution in [0.3, 0.4) is 0 Å². The second-order valence-electron chi connectivity index (χ2n) is 6.81. The van der Waals surface area contributed by atoms with Crippen LogP contribution < -0.4 is 5.32 Å². The molecule has 1 aromatic rings. The Kier molecular flexibility index (Phi) is 5.66.